The lowest BCUT2D eigenvalue weighted by atomic mass is 10.3. The molecule has 0 unspecified atom stereocenters. The van der Waals surface area contributed by atoms with Crippen LogP contribution in [0.15, 0.2) is 6.07 Å². The highest BCUT2D eigenvalue weighted by Crippen LogP contribution is 2.20. The number of rotatable bonds is 4. The molecule has 1 aliphatic rings. The Hall–Kier alpha value is -1.45. The number of hydrogen-bond donors (Lipinski definition) is 0. The minimum atomic E-state index is -3.34. The van der Waals surface area contributed by atoms with Crippen LogP contribution >= 0.6 is 0 Å². The molecule has 22 heavy (non-hydrogen) atoms. The van der Waals surface area contributed by atoms with Crippen molar-refractivity contribution in [1.82, 2.24) is 18.6 Å². The highest BCUT2D eigenvalue weighted by Gasteiger charge is 2.29. The maximum Gasteiger partial charge on any atom is 0.281 e. The highest BCUT2D eigenvalue weighted by molar-refractivity contribution is 7.86. The maximum atomic E-state index is 12.1. The molecule has 1 saturated heterocycles. The number of hydrogen-bond acceptors (Lipinski definition) is 6. The van der Waals surface area contributed by atoms with E-state index in [9.17, 15) is 8.42 Å². The molecule has 0 spiro atoms. The van der Waals surface area contributed by atoms with Gasteiger partial charge in [0.1, 0.15) is 17.5 Å². The van der Waals surface area contributed by atoms with Crippen molar-refractivity contribution in [3.8, 4) is 0 Å². The first kappa shape index (κ1) is 16.9. The van der Waals surface area contributed by atoms with Gasteiger partial charge in [-0.15, -0.1) is 0 Å². The van der Waals surface area contributed by atoms with Crippen LogP contribution in [0.4, 0.5) is 11.6 Å². The number of nitrogens with zero attached hydrogens (tertiary/aromatic N) is 6. The number of anilines is 2. The van der Waals surface area contributed by atoms with Gasteiger partial charge in [-0.1, -0.05) is 0 Å². The molecule has 1 aliphatic heterocycles. The van der Waals surface area contributed by atoms with Gasteiger partial charge in [0.15, 0.2) is 0 Å². The summed E-state index contributed by atoms with van der Waals surface area (Å²) in [5.41, 5.74) is 0. The summed E-state index contributed by atoms with van der Waals surface area (Å²) in [6.07, 6.45) is 0. The van der Waals surface area contributed by atoms with Crippen molar-refractivity contribution >= 4 is 21.8 Å². The molecule has 0 N–H and O–H groups in total. The molecule has 0 bridgehead atoms. The zero-order chi connectivity index (χ0) is 16.5. The summed E-state index contributed by atoms with van der Waals surface area (Å²) in [6, 6.07) is 1.93. The van der Waals surface area contributed by atoms with Crippen molar-refractivity contribution in [3.05, 3.63) is 11.9 Å². The first-order valence-electron chi connectivity index (χ1n) is 7.17. The second kappa shape index (κ2) is 6.35. The van der Waals surface area contributed by atoms with Crippen LogP contribution in [0.1, 0.15) is 5.82 Å². The second-order valence-corrected chi connectivity index (χ2v) is 7.84. The quantitative estimate of drug-likeness (QED) is 0.761. The van der Waals surface area contributed by atoms with E-state index in [0.717, 1.165) is 11.6 Å². The van der Waals surface area contributed by atoms with Crippen LogP contribution in [0.2, 0.25) is 0 Å². The van der Waals surface area contributed by atoms with E-state index in [-0.39, 0.29) is 0 Å². The predicted octanol–water partition coefficient (Wildman–Crippen LogP) is -0.221. The lowest BCUT2D eigenvalue weighted by Gasteiger charge is -2.36. The second-order valence-electron chi connectivity index (χ2n) is 5.70. The molecule has 0 radical (unpaired) electrons. The van der Waals surface area contributed by atoms with Crippen molar-refractivity contribution in [2.45, 2.75) is 6.92 Å². The Bertz CT molecular complexity index is 623. The molecule has 1 aromatic rings. The molecule has 1 fully saturated rings. The van der Waals surface area contributed by atoms with Crippen LogP contribution in [-0.2, 0) is 10.2 Å². The molecule has 0 atom stereocenters. The zero-order valence-electron chi connectivity index (χ0n) is 13.8. The van der Waals surface area contributed by atoms with E-state index in [1.165, 1.54) is 8.61 Å². The van der Waals surface area contributed by atoms with E-state index < -0.39 is 10.2 Å². The first-order chi connectivity index (χ1) is 10.2. The lowest BCUT2D eigenvalue weighted by Crippen LogP contribution is -2.52. The van der Waals surface area contributed by atoms with E-state index >= 15 is 0 Å². The minimum absolute atomic E-state index is 0.459. The summed E-state index contributed by atoms with van der Waals surface area (Å²) in [6.45, 7) is 4.03. The molecule has 0 saturated carbocycles. The van der Waals surface area contributed by atoms with E-state index in [1.54, 1.807) is 14.1 Å². The normalized spacial score (nSPS) is 17.1. The standard InChI is InChI=1S/C13H24N6O2S/c1-11-14-12(16(2)3)10-13(15-11)18-6-8-19(9-7-18)22(20,21)17(4)5/h10H,6-9H2,1-5H3. The van der Waals surface area contributed by atoms with Crippen LogP contribution in [0, 0.1) is 6.92 Å². The molecule has 0 aromatic carbocycles. The Morgan fingerprint density at radius 1 is 1.05 bits per heavy atom. The van der Waals surface area contributed by atoms with Crippen molar-refractivity contribution in [2.24, 2.45) is 0 Å². The molecule has 0 amide bonds. The average Bonchev–Trinajstić information content (AvgIpc) is 2.46. The lowest BCUT2D eigenvalue weighted by molar-refractivity contribution is 0.355. The molecule has 9 heteroatoms. The number of aryl methyl sites for hydroxylation is 1. The third kappa shape index (κ3) is 3.47. The van der Waals surface area contributed by atoms with Gasteiger partial charge < -0.3 is 9.80 Å². The Labute approximate surface area is 132 Å². The van der Waals surface area contributed by atoms with Gasteiger partial charge in [0, 0.05) is 60.4 Å². The number of piperazine rings is 1. The van der Waals surface area contributed by atoms with E-state index in [1.807, 2.05) is 32.0 Å². The fraction of sp³-hybridized carbons (Fsp3) is 0.692. The molecule has 8 nitrogen and oxygen atoms in total. The summed E-state index contributed by atoms with van der Waals surface area (Å²) in [4.78, 5) is 12.9. The Morgan fingerprint density at radius 2 is 1.64 bits per heavy atom. The molecule has 2 rings (SSSR count). The highest BCUT2D eigenvalue weighted by atomic mass is 32.2. The molecular weight excluding hydrogens is 304 g/mol. The third-order valence-electron chi connectivity index (χ3n) is 3.62. The molecule has 124 valence electrons. The first-order valence-corrected chi connectivity index (χ1v) is 8.57. The summed E-state index contributed by atoms with van der Waals surface area (Å²) in [5, 5.41) is 0. The van der Waals surface area contributed by atoms with Crippen molar-refractivity contribution in [3.63, 3.8) is 0 Å². The van der Waals surface area contributed by atoms with Gasteiger partial charge in [-0.25, -0.2) is 9.97 Å². The van der Waals surface area contributed by atoms with E-state index in [4.69, 9.17) is 0 Å². The Balaban J connectivity index is 2.12. The van der Waals surface area contributed by atoms with Gasteiger partial charge in [-0.2, -0.15) is 17.0 Å². The largest absolute Gasteiger partial charge is 0.363 e. The van der Waals surface area contributed by atoms with Crippen LogP contribution in [0.5, 0.6) is 0 Å². The average molecular weight is 328 g/mol. The van der Waals surface area contributed by atoms with Gasteiger partial charge in [0.2, 0.25) is 0 Å². The molecule has 1 aromatic heterocycles. The molecule has 2 heterocycles. The predicted molar refractivity (Wildman–Crippen MR) is 87.5 cm³/mol. The zero-order valence-corrected chi connectivity index (χ0v) is 14.6. The van der Waals surface area contributed by atoms with E-state index in [2.05, 4.69) is 14.9 Å². The Morgan fingerprint density at radius 3 is 2.14 bits per heavy atom. The van der Waals surface area contributed by atoms with Crippen molar-refractivity contribution < 1.29 is 8.42 Å². The van der Waals surface area contributed by atoms with Crippen molar-refractivity contribution in [1.29, 1.82) is 0 Å². The van der Waals surface area contributed by atoms with Crippen LogP contribution in [0.3, 0.4) is 0 Å². The Kier molecular flexibility index (Phi) is 4.88. The van der Waals surface area contributed by atoms with Gasteiger partial charge in [-0.05, 0) is 6.92 Å². The maximum absolute atomic E-state index is 12.1. The summed E-state index contributed by atoms with van der Waals surface area (Å²) in [7, 11) is 3.65. The van der Waals surface area contributed by atoms with Gasteiger partial charge in [0.25, 0.3) is 10.2 Å². The SMILES string of the molecule is Cc1nc(N(C)C)cc(N2CCN(S(=O)(=O)N(C)C)CC2)n1. The van der Waals surface area contributed by atoms with Gasteiger partial charge >= 0.3 is 0 Å². The van der Waals surface area contributed by atoms with Gasteiger partial charge in [-0.3, -0.25) is 0 Å². The smallest absolute Gasteiger partial charge is 0.281 e. The molecular formula is C13H24N6O2S. The fourth-order valence-corrected chi connectivity index (χ4v) is 3.39. The monoisotopic (exact) mass is 328 g/mol. The topological polar surface area (TPSA) is 72.9 Å². The van der Waals surface area contributed by atoms with Gasteiger partial charge in [0.05, 0.1) is 0 Å². The summed E-state index contributed by atoms with van der Waals surface area (Å²) in [5.74, 6) is 2.41. The van der Waals surface area contributed by atoms with Crippen LogP contribution < -0.4 is 9.80 Å². The summed E-state index contributed by atoms with van der Waals surface area (Å²) >= 11 is 0. The molecule has 0 aliphatic carbocycles. The summed E-state index contributed by atoms with van der Waals surface area (Å²) < 4.78 is 27.0. The fourth-order valence-electron chi connectivity index (χ4n) is 2.31. The van der Waals surface area contributed by atoms with Crippen LogP contribution in [0.25, 0.3) is 0 Å². The minimum Gasteiger partial charge on any atom is -0.363 e. The third-order valence-corrected chi connectivity index (χ3v) is 5.56. The van der Waals surface area contributed by atoms with Crippen LogP contribution in [-0.4, -0.2) is 81.4 Å². The number of aromatic nitrogens is 2. The van der Waals surface area contributed by atoms with E-state index in [0.29, 0.717) is 32.0 Å². The van der Waals surface area contributed by atoms with Crippen molar-refractivity contribution in [2.75, 3.05) is 64.2 Å².